The van der Waals surface area contributed by atoms with E-state index in [2.05, 4.69) is 26.2 Å². The standard InChI is InChI=1S/C14H20BrFN2O3/c1-14(2,3)21-13(19)17-7-4-8-20-9-11-10(16)5-6-12(15)18-11/h5-6H,4,7-9H2,1-3H3,(H,17,19). The number of nitrogens with one attached hydrogen (secondary N) is 1. The maximum atomic E-state index is 13.4. The van der Waals surface area contributed by atoms with Gasteiger partial charge < -0.3 is 14.8 Å². The van der Waals surface area contributed by atoms with Crippen molar-refractivity contribution in [3.8, 4) is 0 Å². The lowest BCUT2D eigenvalue weighted by atomic mass is 10.2. The van der Waals surface area contributed by atoms with Crippen LogP contribution in [0.2, 0.25) is 0 Å². The Kier molecular flexibility index (Phi) is 7.04. The molecule has 0 saturated carbocycles. The van der Waals surface area contributed by atoms with Crippen molar-refractivity contribution in [3.05, 3.63) is 28.2 Å². The summed E-state index contributed by atoms with van der Waals surface area (Å²) in [6, 6.07) is 2.86. The summed E-state index contributed by atoms with van der Waals surface area (Å²) in [4.78, 5) is 15.3. The fourth-order valence-electron chi connectivity index (χ4n) is 1.41. The van der Waals surface area contributed by atoms with E-state index in [0.29, 0.717) is 24.2 Å². The molecule has 0 fully saturated rings. The van der Waals surface area contributed by atoms with Gasteiger partial charge in [-0.1, -0.05) is 0 Å². The molecule has 0 spiro atoms. The lowest BCUT2D eigenvalue weighted by Gasteiger charge is -2.19. The van der Waals surface area contributed by atoms with Crippen LogP contribution in [0.5, 0.6) is 0 Å². The summed E-state index contributed by atoms with van der Waals surface area (Å²) in [7, 11) is 0. The van der Waals surface area contributed by atoms with Crippen LogP contribution in [-0.2, 0) is 16.1 Å². The molecule has 0 aromatic carbocycles. The quantitative estimate of drug-likeness (QED) is 0.622. The van der Waals surface area contributed by atoms with Crippen LogP contribution in [0.1, 0.15) is 32.9 Å². The zero-order valence-electron chi connectivity index (χ0n) is 12.4. The predicted molar refractivity (Wildman–Crippen MR) is 80.4 cm³/mol. The molecule has 21 heavy (non-hydrogen) atoms. The molecule has 0 aliphatic carbocycles. The summed E-state index contributed by atoms with van der Waals surface area (Å²) < 4.78 is 24.3. The van der Waals surface area contributed by atoms with E-state index in [1.165, 1.54) is 12.1 Å². The Balaban J connectivity index is 2.15. The first-order valence-corrected chi connectivity index (χ1v) is 7.43. The third-order valence-corrected chi connectivity index (χ3v) is 2.70. The van der Waals surface area contributed by atoms with Crippen molar-refractivity contribution in [1.82, 2.24) is 10.3 Å². The zero-order chi connectivity index (χ0) is 15.9. The Morgan fingerprint density at radius 3 is 2.81 bits per heavy atom. The van der Waals surface area contributed by atoms with Crippen LogP contribution in [-0.4, -0.2) is 29.8 Å². The van der Waals surface area contributed by atoms with Crippen LogP contribution in [0.25, 0.3) is 0 Å². The fraction of sp³-hybridized carbons (Fsp3) is 0.571. The van der Waals surface area contributed by atoms with E-state index in [0.717, 1.165) is 0 Å². The second-order valence-corrected chi connectivity index (χ2v) is 6.21. The molecule has 0 atom stereocenters. The van der Waals surface area contributed by atoms with Gasteiger partial charge in [0.15, 0.2) is 0 Å². The van der Waals surface area contributed by atoms with Crippen molar-refractivity contribution in [2.75, 3.05) is 13.2 Å². The molecule has 1 rings (SSSR count). The van der Waals surface area contributed by atoms with Gasteiger partial charge in [0.05, 0.1) is 6.61 Å². The minimum atomic E-state index is -0.509. The Morgan fingerprint density at radius 2 is 2.14 bits per heavy atom. The fourth-order valence-corrected chi connectivity index (χ4v) is 1.75. The number of carbonyl (C=O) groups is 1. The molecule has 0 aliphatic heterocycles. The van der Waals surface area contributed by atoms with Crippen molar-refractivity contribution in [2.24, 2.45) is 0 Å². The first-order valence-electron chi connectivity index (χ1n) is 6.63. The second-order valence-electron chi connectivity index (χ2n) is 5.40. The third-order valence-electron chi connectivity index (χ3n) is 2.26. The normalized spacial score (nSPS) is 11.3. The summed E-state index contributed by atoms with van der Waals surface area (Å²) in [5.74, 6) is -0.398. The van der Waals surface area contributed by atoms with Crippen LogP contribution >= 0.6 is 15.9 Å². The average molecular weight is 363 g/mol. The molecule has 5 nitrogen and oxygen atoms in total. The molecular weight excluding hydrogens is 343 g/mol. The molecule has 0 unspecified atom stereocenters. The highest BCUT2D eigenvalue weighted by atomic mass is 79.9. The van der Waals surface area contributed by atoms with Crippen molar-refractivity contribution < 1.29 is 18.7 Å². The number of hydrogen-bond acceptors (Lipinski definition) is 4. The van der Waals surface area contributed by atoms with Gasteiger partial charge in [-0.15, -0.1) is 0 Å². The molecular formula is C14H20BrFN2O3. The predicted octanol–water partition coefficient (Wildman–Crippen LogP) is 3.41. The topological polar surface area (TPSA) is 60.5 Å². The first-order chi connectivity index (χ1) is 9.78. The number of aromatic nitrogens is 1. The molecule has 1 aromatic heterocycles. The monoisotopic (exact) mass is 362 g/mol. The van der Waals surface area contributed by atoms with Crippen LogP contribution in [0.3, 0.4) is 0 Å². The van der Waals surface area contributed by atoms with E-state index in [1.807, 2.05) is 0 Å². The molecule has 0 radical (unpaired) electrons. The third kappa shape index (κ3) is 7.96. The maximum absolute atomic E-state index is 13.4. The number of hydrogen-bond donors (Lipinski definition) is 1. The van der Waals surface area contributed by atoms with Crippen molar-refractivity contribution in [3.63, 3.8) is 0 Å². The van der Waals surface area contributed by atoms with Crippen LogP contribution in [0.4, 0.5) is 9.18 Å². The first kappa shape index (κ1) is 17.8. The largest absolute Gasteiger partial charge is 0.444 e. The lowest BCUT2D eigenvalue weighted by molar-refractivity contribution is 0.0517. The van der Waals surface area contributed by atoms with Crippen LogP contribution < -0.4 is 5.32 Å². The van der Waals surface area contributed by atoms with E-state index >= 15 is 0 Å². The molecule has 7 heteroatoms. The van der Waals surface area contributed by atoms with Gasteiger partial charge in [0.1, 0.15) is 21.7 Å². The highest BCUT2D eigenvalue weighted by Crippen LogP contribution is 2.11. The number of alkyl carbamates (subject to hydrolysis) is 1. The van der Waals surface area contributed by atoms with Crippen molar-refractivity contribution in [2.45, 2.75) is 39.4 Å². The Bertz CT molecular complexity index is 478. The average Bonchev–Trinajstić information content (AvgIpc) is 2.35. The minimum Gasteiger partial charge on any atom is -0.444 e. The number of rotatable bonds is 6. The molecule has 1 N–H and O–H groups in total. The Hall–Kier alpha value is -1.21. The Labute approximate surface area is 132 Å². The zero-order valence-corrected chi connectivity index (χ0v) is 14.0. The second kappa shape index (κ2) is 8.29. The molecule has 0 aliphatic rings. The molecule has 1 amide bonds. The number of pyridine rings is 1. The summed E-state index contributed by atoms with van der Waals surface area (Å²) in [5.41, 5.74) is -0.255. The van der Waals surface area contributed by atoms with E-state index in [-0.39, 0.29) is 12.3 Å². The Morgan fingerprint density at radius 1 is 1.43 bits per heavy atom. The van der Waals surface area contributed by atoms with Gasteiger partial charge in [0, 0.05) is 13.2 Å². The molecule has 0 bridgehead atoms. The molecule has 118 valence electrons. The van der Waals surface area contributed by atoms with Gasteiger partial charge in [-0.2, -0.15) is 0 Å². The van der Waals surface area contributed by atoms with Crippen LogP contribution in [0, 0.1) is 5.82 Å². The highest BCUT2D eigenvalue weighted by Gasteiger charge is 2.15. The SMILES string of the molecule is CC(C)(C)OC(=O)NCCCOCc1nc(Br)ccc1F. The van der Waals surface area contributed by atoms with Crippen molar-refractivity contribution >= 4 is 22.0 Å². The van der Waals surface area contributed by atoms with Crippen LogP contribution in [0.15, 0.2) is 16.7 Å². The molecule has 0 saturated heterocycles. The summed E-state index contributed by atoms with van der Waals surface area (Å²) in [6.45, 7) is 6.32. The molecule has 1 aromatic rings. The van der Waals surface area contributed by atoms with Gasteiger partial charge >= 0.3 is 6.09 Å². The van der Waals surface area contributed by atoms with Gasteiger partial charge in [-0.05, 0) is 55.3 Å². The summed E-state index contributed by atoms with van der Waals surface area (Å²) in [6.07, 6.45) is 0.150. The van der Waals surface area contributed by atoms with Gasteiger partial charge in [-0.3, -0.25) is 0 Å². The van der Waals surface area contributed by atoms with Crippen molar-refractivity contribution in [1.29, 1.82) is 0 Å². The van der Waals surface area contributed by atoms with E-state index < -0.39 is 17.5 Å². The smallest absolute Gasteiger partial charge is 0.407 e. The van der Waals surface area contributed by atoms with Gasteiger partial charge in [0.2, 0.25) is 0 Å². The summed E-state index contributed by atoms with van der Waals surface area (Å²) >= 11 is 3.18. The minimum absolute atomic E-state index is 0.0950. The van der Waals surface area contributed by atoms with E-state index in [1.54, 1.807) is 20.8 Å². The van der Waals surface area contributed by atoms with Gasteiger partial charge in [0.25, 0.3) is 0 Å². The number of ether oxygens (including phenoxy) is 2. The number of amides is 1. The van der Waals surface area contributed by atoms with Gasteiger partial charge in [-0.25, -0.2) is 14.2 Å². The molecule has 1 heterocycles. The lowest BCUT2D eigenvalue weighted by Crippen LogP contribution is -2.33. The maximum Gasteiger partial charge on any atom is 0.407 e. The number of carbonyl (C=O) groups excluding carboxylic acids is 1. The number of halogens is 2. The summed E-state index contributed by atoms with van der Waals surface area (Å²) in [5, 5.41) is 2.62. The van der Waals surface area contributed by atoms with E-state index in [4.69, 9.17) is 9.47 Å². The highest BCUT2D eigenvalue weighted by molar-refractivity contribution is 9.10. The number of nitrogens with zero attached hydrogens (tertiary/aromatic N) is 1. The van der Waals surface area contributed by atoms with E-state index in [9.17, 15) is 9.18 Å².